The molecule has 0 bridgehead atoms. The average molecular weight is 383 g/mol. The van der Waals surface area contributed by atoms with Crippen LogP contribution in [0.15, 0.2) is 36.4 Å². The molecule has 1 aliphatic heterocycles. The number of para-hydroxylation sites is 1. The lowest BCUT2D eigenvalue weighted by Gasteiger charge is -2.27. The van der Waals surface area contributed by atoms with E-state index in [0.29, 0.717) is 29.9 Å². The molecule has 3 rings (SSSR count). The van der Waals surface area contributed by atoms with Gasteiger partial charge in [0.2, 0.25) is 0 Å². The second-order valence-corrected chi connectivity index (χ2v) is 5.77. The van der Waals surface area contributed by atoms with Gasteiger partial charge in [0.1, 0.15) is 5.75 Å². The van der Waals surface area contributed by atoms with Crippen molar-refractivity contribution in [2.24, 2.45) is 0 Å². The van der Waals surface area contributed by atoms with Crippen LogP contribution in [0.5, 0.6) is 5.75 Å². The largest absolute Gasteiger partial charge is 0.493 e. The van der Waals surface area contributed by atoms with Gasteiger partial charge in [-0.25, -0.2) is 0 Å². The van der Waals surface area contributed by atoms with Crippen LogP contribution in [0.1, 0.15) is 23.6 Å². The van der Waals surface area contributed by atoms with Crippen LogP contribution in [0.25, 0.3) is 0 Å². The van der Waals surface area contributed by atoms with E-state index < -0.39 is 44.7 Å². The minimum Gasteiger partial charge on any atom is -0.493 e. The van der Waals surface area contributed by atoms with Crippen LogP contribution >= 0.6 is 0 Å². The van der Waals surface area contributed by atoms with Crippen LogP contribution in [-0.4, -0.2) is 16.5 Å². The zero-order valence-corrected chi connectivity index (χ0v) is 13.5. The molecule has 0 saturated heterocycles. The van der Waals surface area contributed by atoms with Crippen molar-refractivity contribution in [1.29, 1.82) is 0 Å². The van der Waals surface area contributed by atoms with E-state index in [0.717, 1.165) is 0 Å². The molecular formula is C16H12F3N3O5. The van der Waals surface area contributed by atoms with Crippen LogP contribution in [-0.2, 0) is 6.18 Å². The van der Waals surface area contributed by atoms with Gasteiger partial charge in [-0.3, -0.25) is 20.2 Å². The third-order valence-corrected chi connectivity index (χ3v) is 4.09. The molecule has 11 heteroatoms. The highest BCUT2D eigenvalue weighted by molar-refractivity contribution is 5.75. The van der Waals surface area contributed by atoms with Crippen LogP contribution < -0.4 is 10.1 Å². The van der Waals surface area contributed by atoms with Gasteiger partial charge in [-0.05, 0) is 6.07 Å². The van der Waals surface area contributed by atoms with E-state index in [-0.39, 0.29) is 6.61 Å². The molecule has 0 radical (unpaired) electrons. The highest BCUT2D eigenvalue weighted by Gasteiger charge is 2.38. The fraction of sp³-hybridized carbons (Fsp3) is 0.250. The zero-order valence-electron chi connectivity index (χ0n) is 13.5. The predicted octanol–water partition coefficient (Wildman–Crippen LogP) is 4.46. The molecule has 0 saturated carbocycles. The van der Waals surface area contributed by atoms with Crippen molar-refractivity contribution in [3.05, 3.63) is 67.8 Å². The minimum atomic E-state index is -4.96. The SMILES string of the molecule is O=[N+]([O-])c1cc(C(F)(F)F)cc([N+](=O)[O-])c1N[C@H]1CCOc2ccccc21. The Morgan fingerprint density at radius 1 is 1.07 bits per heavy atom. The zero-order chi connectivity index (χ0) is 19.8. The fourth-order valence-corrected chi connectivity index (χ4v) is 2.88. The van der Waals surface area contributed by atoms with Gasteiger partial charge in [0, 0.05) is 24.1 Å². The number of benzene rings is 2. The molecule has 0 aromatic heterocycles. The maximum absolute atomic E-state index is 13.0. The second kappa shape index (κ2) is 6.74. The summed E-state index contributed by atoms with van der Waals surface area (Å²) in [7, 11) is 0. The lowest BCUT2D eigenvalue weighted by Crippen LogP contribution is -2.21. The topological polar surface area (TPSA) is 108 Å². The third kappa shape index (κ3) is 3.61. The van der Waals surface area contributed by atoms with Crippen molar-refractivity contribution in [2.45, 2.75) is 18.6 Å². The summed E-state index contributed by atoms with van der Waals surface area (Å²) < 4.78 is 44.4. The second-order valence-electron chi connectivity index (χ2n) is 5.77. The summed E-state index contributed by atoms with van der Waals surface area (Å²) in [5.74, 6) is 0.499. The van der Waals surface area contributed by atoms with Gasteiger partial charge < -0.3 is 10.1 Å². The third-order valence-electron chi connectivity index (χ3n) is 4.09. The van der Waals surface area contributed by atoms with Crippen molar-refractivity contribution in [3.8, 4) is 5.75 Å². The van der Waals surface area contributed by atoms with Crippen LogP contribution in [0.3, 0.4) is 0 Å². The van der Waals surface area contributed by atoms with E-state index in [2.05, 4.69) is 5.32 Å². The van der Waals surface area contributed by atoms with Crippen molar-refractivity contribution in [1.82, 2.24) is 0 Å². The summed E-state index contributed by atoms with van der Waals surface area (Å²) in [6.07, 6.45) is -4.63. The van der Waals surface area contributed by atoms with Gasteiger partial charge in [0.15, 0.2) is 5.69 Å². The molecule has 0 amide bonds. The van der Waals surface area contributed by atoms with Gasteiger partial charge in [-0.2, -0.15) is 13.2 Å². The Morgan fingerprint density at radius 3 is 2.22 bits per heavy atom. The monoisotopic (exact) mass is 383 g/mol. The predicted molar refractivity (Wildman–Crippen MR) is 87.7 cm³/mol. The van der Waals surface area contributed by atoms with Crippen molar-refractivity contribution < 1.29 is 27.8 Å². The van der Waals surface area contributed by atoms with Crippen molar-refractivity contribution >= 4 is 17.1 Å². The van der Waals surface area contributed by atoms with E-state index in [9.17, 15) is 33.4 Å². The molecular weight excluding hydrogens is 371 g/mol. The highest BCUT2D eigenvalue weighted by Crippen LogP contribution is 2.44. The molecule has 0 spiro atoms. The fourth-order valence-electron chi connectivity index (χ4n) is 2.88. The summed E-state index contributed by atoms with van der Waals surface area (Å²) in [6.45, 7) is 0.247. The number of nitro benzene ring substituents is 2. The molecule has 1 heterocycles. The molecule has 2 aromatic carbocycles. The average Bonchev–Trinajstić information content (AvgIpc) is 2.60. The molecule has 0 fully saturated rings. The number of nitrogens with one attached hydrogen (secondary N) is 1. The standard InChI is InChI=1S/C16H12F3N3O5/c17-16(18,19)9-7-12(21(23)24)15(13(8-9)22(25)26)20-11-5-6-27-14-4-2-1-3-10(11)14/h1-4,7-8,11,20H,5-6H2/t11-/m0/s1. The van der Waals surface area contributed by atoms with E-state index >= 15 is 0 Å². The molecule has 142 valence electrons. The normalized spacial score (nSPS) is 16.2. The number of rotatable bonds is 4. The molecule has 2 aromatic rings. The van der Waals surface area contributed by atoms with Gasteiger partial charge in [-0.1, -0.05) is 18.2 Å². The van der Waals surface area contributed by atoms with Crippen molar-refractivity contribution in [2.75, 3.05) is 11.9 Å². The molecule has 0 unspecified atom stereocenters. The number of ether oxygens (including phenoxy) is 1. The van der Waals surface area contributed by atoms with Gasteiger partial charge >= 0.3 is 6.18 Å². The first-order chi connectivity index (χ1) is 12.7. The number of fused-ring (bicyclic) bond motifs is 1. The minimum absolute atomic E-state index is 0.247. The maximum Gasteiger partial charge on any atom is 0.416 e. The van der Waals surface area contributed by atoms with Crippen LogP contribution in [0, 0.1) is 20.2 Å². The van der Waals surface area contributed by atoms with E-state index in [1.165, 1.54) is 0 Å². The van der Waals surface area contributed by atoms with Gasteiger partial charge in [-0.15, -0.1) is 0 Å². The molecule has 1 N–H and O–H groups in total. The van der Waals surface area contributed by atoms with Gasteiger partial charge in [0.25, 0.3) is 11.4 Å². The first-order valence-electron chi connectivity index (χ1n) is 7.70. The Labute approximate surface area is 149 Å². The molecule has 1 aliphatic rings. The number of nitro groups is 2. The van der Waals surface area contributed by atoms with E-state index in [1.807, 2.05) is 0 Å². The Morgan fingerprint density at radius 2 is 1.67 bits per heavy atom. The Hall–Kier alpha value is -3.37. The number of anilines is 1. The molecule has 27 heavy (non-hydrogen) atoms. The van der Waals surface area contributed by atoms with E-state index in [1.54, 1.807) is 24.3 Å². The highest BCUT2D eigenvalue weighted by atomic mass is 19.4. The summed E-state index contributed by atoms with van der Waals surface area (Å²) >= 11 is 0. The number of hydrogen-bond acceptors (Lipinski definition) is 6. The van der Waals surface area contributed by atoms with Crippen molar-refractivity contribution in [3.63, 3.8) is 0 Å². The summed E-state index contributed by atoms with van der Waals surface area (Å²) in [5, 5.41) is 25.3. The first-order valence-corrected chi connectivity index (χ1v) is 7.70. The lowest BCUT2D eigenvalue weighted by molar-refractivity contribution is -0.392. The quantitative estimate of drug-likeness (QED) is 0.617. The van der Waals surface area contributed by atoms with Crippen LogP contribution in [0.2, 0.25) is 0 Å². The first kappa shape index (κ1) is 18.4. The summed E-state index contributed by atoms with van der Waals surface area (Å²) in [6, 6.07) is 6.74. The Kier molecular flexibility index (Phi) is 4.60. The summed E-state index contributed by atoms with van der Waals surface area (Å²) in [4.78, 5) is 20.5. The molecule has 0 aliphatic carbocycles. The maximum atomic E-state index is 13.0. The Bertz CT molecular complexity index is 881. The number of alkyl halides is 3. The number of halogens is 3. The molecule has 1 atom stereocenters. The molecule has 8 nitrogen and oxygen atoms in total. The Balaban J connectivity index is 2.12. The number of hydrogen-bond donors (Lipinski definition) is 1. The van der Waals surface area contributed by atoms with Crippen LogP contribution in [0.4, 0.5) is 30.2 Å². The van der Waals surface area contributed by atoms with Gasteiger partial charge in [0.05, 0.1) is 28.1 Å². The summed E-state index contributed by atoms with van der Waals surface area (Å²) in [5.41, 5.74) is -3.45. The van der Waals surface area contributed by atoms with E-state index in [4.69, 9.17) is 4.74 Å². The smallest absolute Gasteiger partial charge is 0.416 e. The lowest BCUT2D eigenvalue weighted by atomic mass is 9.99. The number of nitrogens with zero attached hydrogens (tertiary/aromatic N) is 2.